The summed E-state index contributed by atoms with van der Waals surface area (Å²) < 4.78 is 42.1. The number of anilines is 1. The van der Waals surface area contributed by atoms with Crippen molar-refractivity contribution in [3.05, 3.63) is 12.4 Å². The number of hydrogen-bond acceptors (Lipinski definition) is 4. The highest BCUT2D eigenvalue weighted by molar-refractivity contribution is 14.0. The fourth-order valence-electron chi connectivity index (χ4n) is 2.57. The van der Waals surface area contributed by atoms with E-state index in [1.165, 1.54) is 0 Å². The van der Waals surface area contributed by atoms with Crippen molar-refractivity contribution in [2.24, 2.45) is 12.0 Å². The zero-order valence-corrected chi connectivity index (χ0v) is 17.5. The molecule has 1 aliphatic heterocycles. The van der Waals surface area contributed by atoms with Crippen molar-refractivity contribution in [1.82, 2.24) is 20.0 Å². The van der Waals surface area contributed by atoms with E-state index in [4.69, 9.17) is 0 Å². The fourth-order valence-corrected chi connectivity index (χ4v) is 2.57. The van der Waals surface area contributed by atoms with E-state index in [1.807, 2.05) is 4.90 Å². The second-order valence-electron chi connectivity index (χ2n) is 5.83. The van der Waals surface area contributed by atoms with Gasteiger partial charge in [-0.15, -0.1) is 24.0 Å². The molecule has 1 aromatic heterocycles. The number of alkyl halides is 3. The van der Waals surface area contributed by atoms with Gasteiger partial charge in [0.1, 0.15) is 13.2 Å². The summed E-state index contributed by atoms with van der Waals surface area (Å²) in [4.78, 5) is 20.0. The van der Waals surface area contributed by atoms with E-state index in [9.17, 15) is 18.0 Å². The third kappa shape index (κ3) is 7.52. The Morgan fingerprint density at radius 2 is 2.15 bits per heavy atom. The molecule has 12 heteroatoms. The van der Waals surface area contributed by atoms with Gasteiger partial charge in [-0.2, -0.15) is 18.3 Å². The van der Waals surface area contributed by atoms with Gasteiger partial charge in [-0.3, -0.25) is 14.5 Å². The number of halogens is 4. The third-order valence-corrected chi connectivity index (χ3v) is 3.75. The molecular weight excluding hydrogens is 480 g/mol. The van der Waals surface area contributed by atoms with Gasteiger partial charge < -0.3 is 19.9 Å². The van der Waals surface area contributed by atoms with Gasteiger partial charge in [-0.05, 0) is 6.42 Å². The number of nitrogens with zero attached hydrogens (tertiary/aromatic N) is 5. The Balaban J connectivity index is 0.00000364. The molecule has 1 fully saturated rings. The van der Waals surface area contributed by atoms with Crippen molar-refractivity contribution in [2.45, 2.75) is 12.6 Å². The summed E-state index contributed by atoms with van der Waals surface area (Å²) >= 11 is 0. The summed E-state index contributed by atoms with van der Waals surface area (Å²) in [5.41, 5.74) is 0.752. The fraction of sp³-hybridized carbons (Fsp3) is 0.667. The Hall–Kier alpha value is -1.57. The normalized spacial score (nSPS) is 15.7. The van der Waals surface area contributed by atoms with Gasteiger partial charge in [-0.1, -0.05) is 0 Å². The highest BCUT2D eigenvalue weighted by Crippen LogP contribution is 2.16. The number of aryl methyl sites for hydroxylation is 1. The average molecular weight is 504 g/mol. The summed E-state index contributed by atoms with van der Waals surface area (Å²) in [7, 11) is 3.38. The number of carbonyl (C=O) groups is 1. The maximum Gasteiger partial charge on any atom is 0.411 e. The van der Waals surface area contributed by atoms with Crippen molar-refractivity contribution in [3.63, 3.8) is 0 Å². The molecule has 27 heavy (non-hydrogen) atoms. The molecule has 0 aliphatic carbocycles. The van der Waals surface area contributed by atoms with Crippen LogP contribution in [0.4, 0.5) is 18.9 Å². The van der Waals surface area contributed by atoms with E-state index >= 15 is 0 Å². The first kappa shape index (κ1) is 23.5. The molecule has 0 radical (unpaired) electrons. The van der Waals surface area contributed by atoms with E-state index in [0.717, 1.165) is 5.69 Å². The third-order valence-electron chi connectivity index (χ3n) is 3.75. The van der Waals surface area contributed by atoms with Crippen LogP contribution in [0, 0.1) is 0 Å². The molecule has 8 nitrogen and oxygen atoms in total. The zero-order valence-electron chi connectivity index (χ0n) is 15.2. The summed E-state index contributed by atoms with van der Waals surface area (Å²) in [6, 6.07) is 0. The van der Waals surface area contributed by atoms with Crippen LogP contribution in [0.25, 0.3) is 0 Å². The maximum absolute atomic E-state index is 12.4. The van der Waals surface area contributed by atoms with Crippen LogP contribution in [0.5, 0.6) is 0 Å². The summed E-state index contributed by atoms with van der Waals surface area (Å²) in [6.45, 7) is 0.412. The van der Waals surface area contributed by atoms with E-state index in [0.29, 0.717) is 32.0 Å². The molecule has 1 saturated heterocycles. The number of ether oxygens (including phenoxy) is 1. The van der Waals surface area contributed by atoms with Crippen LogP contribution in [-0.4, -0.2) is 79.2 Å². The number of piperazine rings is 1. The Bertz CT molecular complexity index is 637. The predicted molar refractivity (Wildman–Crippen MR) is 105 cm³/mol. The van der Waals surface area contributed by atoms with Gasteiger partial charge in [0.2, 0.25) is 5.91 Å². The number of hydrogen-bond donors (Lipinski definition) is 1. The number of aromatic nitrogens is 2. The lowest BCUT2D eigenvalue weighted by Crippen LogP contribution is -2.55. The van der Waals surface area contributed by atoms with Crippen LogP contribution in [0.2, 0.25) is 0 Å². The van der Waals surface area contributed by atoms with Crippen molar-refractivity contribution in [3.8, 4) is 0 Å². The van der Waals surface area contributed by atoms with Crippen LogP contribution >= 0.6 is 24.0 Å². The average Bonchev–Trinajstić information content (AvgIpc) is 2.99. The summed E-state index contributed by atoms with van der Waals surface area (Å²) in [5, 5.41) is 7.11. The molecule has 0 unspecified atom stereocenters. The molecular formula is C15H24F3IN6O2. The van der Waals surface area contributed by atoms with Crippen molar-refractivity contribution >= 4 is 41.5 Å². The highest BCUT2D eigenvalue weighted by atomic mass is 127. The van der Waals surface area contributed by atoms with E-state index < -0.39 is 12.8 Å². The number of rotatable bonds is 6. The first-order valence-electron chi connectivity index (χ1n) is 8.19. The van der Waals surface area contributed by atoms with Gasteiger partial charge in [0.25, 0.3) is 0 Å². The van der Waals surface area contributed by atoms with Gasteiger partial charge >= 0.3 is 6.18 Å². The number of amides is 1. The molecule has 1 amide bonds. The zero-order chi connectivity index (χ0) is 19.2. The molecule has 0 spiro atoms. The topological polar surface area (TPSA) is 75.0 Å². The predicted octanol–water partition coefficient (Wildman–Crippen LogP) is 1.23. The number of aliphatic imine (C=N–C) groups is 1. The van der Waals surface area contributed by atoms with Crippen molar-refractivity contribution < 1.29 is 22.7 Å². The molecule has 1 aliphatic rings. The van der Waals surface area contributed by atoms with Crippen LogP contribution in [0.3, 0.4) is 0 Å². The smallest absolute Gasteiger partial charge is 0.372 e. The quantitative estimate of drug-likeness (QED) is 0.273. The SMILES string of the molecule is CN=C(NCCCOCC(F)(F)F)N1CCN(c2cnn(C)c2)C(=O)C1.I. The molecule has 2 heterocycles. The number of guanidine groups is 1. The van der Waals surface area contributed by atoms with Gasteiger partial charge in [0.05, 0.1) is 11.9 Å². The van der Waals surface area contributed by atoms with E-state index in [1.54, 1.807) is 36.1 Å². The molecule has 0 atom stereocenters. The lowest BCUT2D eigenvalue weighted by atomic mass is 10.3. The first-order valence-corrected chi connectivity index (χ1v) is 8.19. The Kier molecular flexibility index (Phi) is 9.29. The van der Waals surface area contributed by atoms with Crippen molar-refractivity contribution in [1.29, 1.82) is 0 Å². The summed E-state index contributed by atoms with van der Waals surface area (Å²) in [5.74, 6) is 0.473. The minimum absolute atomic E-state index is 0. The Morgan fingerprint density at radius 1 is 1.41 bits per heavy atom. The molecule has 0 saturated carbocycles. The van der Waals surface area contributed by atoms with Crippen LogP contribution in [0.15, 0.2) is 17.4 Å². The second-order valence-corrected chi connectivity index (χ2v) is 5.83. The van der Waals surface area contributed by atoms with Crippen LogP contribution in [-0.2, 0) is 16.6 Å². The molecule has 1 N–H and O–H groups in total. The Labute approximate surface area is 172 Å². The first-order chi connectivity index (χ1) is 12.3. The van der Waals surface area contributed by atoms with Gasteiger partial charge in [0, 0.05) is 46.5 Å². The van der Waals surface area contributed by atoms with E-state index in [-0.39, 0.29) is 43.0 Å². The maximum atomic E-state index is 12.4. The second kappa shape index (κ2) is 10.7. The number of nitrogens with one attached hydrogen (secondary N) is 1. The standard InChI is InChI=1S/C15H23F3N6O2.HI/c1-19-14(20-4-3-7-26-11-15(16,17)18)23-5-6-24(13(25)10-23)12-8-21-22(2)9-12;/h8-9H,3-7,10-11H2,1-2H3,(H,19,20);1H. The van der Waals surface area contributed by atoms with Crippen molar-refractivity contribution in [2.75, 3.05) is 51.3 Å². The van der Waals surface area contributed by atoms with Crippen LogP contribution in [0.1, 0.15) is 6.42 Å². The minimum Gasteiger partial charge on any atom is -0.372 e. The van der Waals surface area contributed by atoms with E-state index in [2.05, 4.69) is 20.1 Å². The molecule has 0 bridgehead atoms. The van der Waals surface area contributed by atoms with Gasteiger partial charge in [-0.25, -0.2) is 0 Å². The minimum atomic E-state index is -4.31. The molecule has 154 valence electrons. The molecule has 0 aromatic carbocycles. The number of carbonyl (C=O) groups excluding carboxylic acids is 1. The highest BCUT2D eigenvalue weighted by Gasteiger charge is 2.28. The Morgan fingerprint density at radius 3 is 2.70 bits per heavy atom. The lowest BCUT2D eigenvalue weighted by Gasteiger charge is -2.35. The monoisotopic (exact) mass is 504 g/mol. The van der Waals surface area contributed by atoms with Crippen LogP contribution < -0.4 is 10.2 Å². The van der Waals surface area contributed by atoms with Gasteiger partial charge in [0.15, 0.2) is 5.96 Å². The molecule has 1 aromatic rings. The lowest BCUT2D eigenvalue weighted by molar-refractivity contribution is -0.173. The largest absolute Gasteiger partial charge is 0.411 e. The summed E-state index contributed by atoms with van der Waals surface area (Å²) in [6.07, 6.45) is -0.486. The molecule has 2 rings (SSSR count).